The van der Waals surface area contributed by atoms with E-state index in [1.54, 1.807) is 11.5 Å². The maximum absolute atomic E-state index is 5.81. The molecule has 2 rings (SSSR count). The van der Waals surface area contributed by atoms with Crippen LogP contribution >= 0.6 is 23.1 Å². The second-order valence-electron chi connectivity index (χ2n) is 2.26. The number of halogens is 1. The average molecular weight is 184 g/mol. The van der Waals surface area contributed by atoms with Gasteiger partial charge in [0.1, 0.15) is 0 Å². The predicted octanol–water partition coefficient (Wildman–Crippen LogP) is 3.40. The fraction of sp³-hybridized carbons (Fsp3) is 0. The summed E-state index contributed by atoms with van der Waals surface area (Å²) in [6.45, 7) is 0. The third-order valence-electron chi connectivity index (χ3n) is 1.48. The molecule has 0 unspecified atom stereocenters. The number of rotatable bonds is 1. The van der Waals surface area contributed by atoms with Crippen molar-refractivity contribution in [3.63, 3.8) is 0 Å². The van der Waals surface area contributed by atoms with Crippen molar-refractivity contribution < 1.29 is 0 Å². The summed E-state index contributed by atoms with van der Waals surface area (Å²) in [6, 6.07) is 7.80. The zero-order valence-corrected chi connectivity index (χ0v) is 7.25. The Morgan fingerprint density at radius 3 is 2.73 bits per heavy atom. The summed E-state index contributed by atoms with van der Waals surface area (Å²) in [4.78, 5) is 0. The van der Waals surface area contributed by atoms with Gasteiger partial charge in [0, 0.05) is 16.0 Å². The fourth-order valence-corrected chi connectivity index (χ4v) is 1.58. The first kappa shape index (κ1) is 6.95. The number of aromatic amines is 1. The van der Waals surface area contributed by atoms with Crippen LogP contribution in [0.1, 0.15) is 0 Å². The van der Waals surface area contributed by atoms with Crippen LogP contribution in [0.3, 0.4) is 0 Å². The summed E-state index contributed by atoms with van der Waals surface area (Å²) in [5.74, 6) is 0. The van der Waals surface area contributed by atoms with Crippen molar-refractivity contribution in [2.45, 2.75) is 0 Å². The Labute approximate surface area is 73.8 Å². The molecule has 1 N–H and O–H groups in total. The van der Waals surface area contributed by atoms with Crippen LogP contribution in [-0.4, -0.2) is 4.37 Å². The molecule has 1 heterocycles. The van der Waals surface area contributed by atoms with Crippen LogP contribution in [0.2, 0.25) is 5.02 Å². The van der Waals surface area contributed by atoms with E-state index >= 15 is 0 Å². The molecule has 56 valence electrons. The molecule has 0 saturated heterocycles. The van der Waals surface area contributed by atoms with E-state index in [2.05, 4.69) is 9.75 Å². The predicted molar refractivity (Wildman–Crippen MR) is 49.1 cm³/mol. The molecule has 1 nitrogen and oxygen atoms in total. The Hall–Kier alpha value is -0.730. The minimum absolute atomic E-state index is 0.780. The van der Waals surface area contributed by atoms with Gasteiger partial charge in [-0.1, -0.05) is 35.3 Å². The van der Waals surface area contributed by atoms with Crippen molar-refractivity contribution in [1.29, 1.82) is 0 Å². The van der Waals surface area contributed by atoms with Gasteiger partial charge in [-0.05, 0) is 12.1 Å². The summed E-state index contributed by atoms with van der Waals surface area (Å²) in [5.41, 5.74) is 2.30. The van der Waals surface area contributed by atoms with Gasteiger partial charge in [0.05, 0.1) is 5.69 Å². The maximum atomic E-state index is 5.81. The number of H-pyrrole nitrogens is 1. The van der Waals surface area contributed by atoms with E-state index in [9.17, 15) is 0 Å². The lowest BCUT2D eigenvalue weighted by Gasteiger charge is -2.02. The molecule has 1 aromatic carbocycles. The van der Waals surface area contributed by atoms with Crippen LogP contribution in [0.4, 0.5) is 0 Å². The Morgan fingerprint density at radius 1 is 1.36 bits per heavy atom. The molecular formula is C8H6ClNS. The SMILES string of the molecule is Clc1cccc(-c2cs[nH]2)c1. The monoisotopic (exact) mass is 183 g/mol. The summed E-state index contributed by atoms with van der Waals surface area (Å²) < 4.78 is 3.11. The average Bonchev–Trinajstić information content (AvgIpc) is 1.83. The molecule has 3 heteroatoms. The van der Waals surface area contributed by atoms with Crippen molar-refractivity contribution in [2.75, 3.05) is 0 Å². The first-order valence-electron chi connectivity index (χ1n) is 3.24. The molecule has 0 spiro atoms. The molecule has 0 atom stereocenters. The summed E-state index contributed by atoms with van der Waals surface area (Å²) in [6.07, 6.45) is 0. The van der Waals surface area contributed by atoms with Gasteiger partial charge >= 0.3 is 0 Å². The Bertz CT molecular complexity index is 341. The van der Waals surface area contributed by atoms with Crippen molar-refractivity contribution in [1.82, 2.24) is 4.37 Å². The summed E-state index contributed by atoms with van der Waals surface area (Å²) in [5, 5.41) is 2.84. The molecule has 0 bridgehead atoms. The lowest BCUT2D eigenvalue weighted by molar-refractivity contribution is 1.48. The Morgan fingerprint density at radius 2 is 2.18 bits per heavy atom. The molecule has 0 amide bonds. The molecular weight excluding hydrogens is 178 g/mol. The molecule has 11 heavy (non-hydrogen) atoms. The lowest BCUT2D eigenvalue weighted by atomic mass is 10.2. The van der Waals surface area contributed by atoms with Crippen LogP contribution in [0.15, 0.2) is 29.6 Å². The van der Waals surface area contributed by atoms with Crippen LogP contribution in [0.5, 0.6) is 0 Å². The fourth-order valence-electron chi connectivity index (χ4n) is 0.901. The van der Waals surface area contributed by atoms with E-state index < -0.39 is 0 Å². The van der Waals surface area contributed by atoms with Crippen LogP contribution in [0, 0.1) is 0 Å². The number of hydrogen-bond donors (Lipinski definition) is 1. The normalized spacial score (nSPS) is 10.3. The number of aromatic nitrogens is 1. The second kappa shape index (κ2) is 2.72. The van der Waals surface area contributed by atoms with Crippen LogP contribution in [-0.2, 0) is 0 Å². The summed E-state index contributed by atoms with van der Waals surface area (Å²) in [7, 11) is 0. The first-order valence-corrected chi connectivity index (χ1v) is 4.50. The highest BCUT2D eigenvalue weighted by molar-refractivity contribution is 7.05. The zero-order valence-electron chi connectivity index (χ0n) is 5.67. The van der Waals surface area contributed by atoms with Crippen molar-refractivity contribution in [2.24, 2.45) is 0 Å². The third kappa shape index (κ3) is 1.32. The molecule has 0 fully saturated rings. The van der Waals surface area contributed by atoms with Crippen molar-refractivity contribution >= 4 is 23.1 Å². The van der Waals surface area contributed by atoms with Crippen molar-refractivity contribution in [3.8, 4) is 11.3 Å². The van der Waals surface area contributed by atoms with Crippen LogP contribution < -0.4 is 0 Å². The van der Waals surface area contributed by atoms with Gasteiger partial charge in [-0.15, -0.1) is 0 Å². The van der Waals surface area contributed by atoms with Gasteiger partial charge in [0.2, 0.25) is 0 Å². The smallest absolute Gasteiger partial charge is 0.0663 e. The van der Waals surface area contributed by atoms with E-state index in [0.29, 0.717) is 0 Å². The largest absolute Gasteiger partial charge is 0.310 e. The second-order valence-corrected chi connectivity index (χ2v) is 3.37. The van der Waals surface area contributed by atoms with Gasteiger partial charge in [-0.3, -0.25) is 0 Å². The van der Waals surface area contributed by atoms with Gasteiger partial charge in [-0.2, -0.15) is 0 Å². The molecule has 0 saturated carbocycles. The van der Waals surface area contributed by atoms with Gasteiger partial charge < -0.3 is 4.37 Å². The number of hydrogen-bond acceptors (Lipinski definition) is 1. The van der Waals surface area contributed by atoms with E-state index in [1.807, 2.05) is 24.3 Å². The molecule has 0 aliphatic rings. The lowest BCUT2D eigenvalue weighted by Crippen LogP contribution is -1.80. The van der Waals surface area contributed by atoms with E-state index in [-0.39, 0.29) is 0 Å². The molecule has 1 aromatic heterocycles. The first-order chi connectivity index (χ1) is 5.36. The van der Waals surface area contributed by atoms with Crippen molar-refractivity contribution in [3.05, 3.63) is 34.7 Å². The van der Waals surface area contributed by atoms with Gasteiger partial charge in [0.25, 0.3) is 0 Å². The quantitative estimate of drug-likeness (QED) is 0.698. The minimum Gasteiger partial charge on any atom is -0.310 e. The molecule has 2 aromatic rings. The number of nitrogens with one attached hydrogen (secondary N) is 1. The van der Waals surface area contributed by atoms with Crippen LogP contribution in [0.25, 0.3) is 11.3 Å². The Kier molecular flexibility index (Phi) is 1.72. The third-order valence-corrected chi connectivity index (χ3v) is 2.41. The molecule has 0 radical (unpaired) electrons. The molecule has 0 aliphatic heterocycles. The topological polar surface area (TPSA) is 15.8 Å². The highest BCUT2D eigenvalue weighted by Gasteiger charge is 1.99. The highest BCUT2D eigenvalue weighted by Crippen LogP contribution is 2.23. The minimum atomic E-state index is 0.780. The van der Waals surface area contributed by atoms with E-state index in [4.69, 9.17) is 11.6 Å². The zero-order chi connectivity index (χ0) is 7.68. The molecule has 0 aliphatic carbocycles. The highest BCUT2D eigenvalue weighted by atomic mass is 35.5. The van der Waals surface area contributed by atoms with Gasteiger partial charge in [-0.25, -0.2) is 0 Å². The number of benzene rings is 1. The Balaban J connectivity index is 2.44. The van der Waals surface area contributed by atoms with E-state index in [0.717, 1.165) is 16.3 Å². The van der Waals surface area contributed by atoms with Gasteiger partial charge in [0.15, 0.2) is 0 Å². The van der Waals surface area contributed by atoms with E-state index in [1.165, 1.54) is 0 Å². The maximum Gasteiger partial charge on any atom is 0.0663 e. The standard InChI is InChI=1S/C8H6ClNS/c9-7-3-1-2-6(4-7)8-5-11-10-8/h1-5,10H. The summed E-state index contributed by atoms with van der Waals surface area (Å²) >= 11 is 7.40.